The molecule has 0 amide bonds. The van der Waals surface area contributed by atoms with Gasteiger partial charge in [0.1, 0.15) is 13.2 Å². The van der Waals surface area contributed by atoms with Crippen molar-refractivity contribution in [1.29, 1.82) is 0 Å². The largest absolute Gasteiger partial charge is 0.484 e. The molecule has 0 aromatic rings. The molecule has 0 aromatic heterocycles. The van der Waals surface area contributed by atoms with Crippen molar-refractivity contribution >= 4 is 6.21 Å². The van der Waals surface area contributed by atoms with Crippen LogP contribution in [0.5, 0.6) is 0 Å². The molecule has 0 N–H and O–H groups in total. The van der Waals surface area contributed by atoms with Gasteiger partial charge in [0.25, 0.3) is 5.88 Å². The van der Waals surface area contributed by atoms with Crippen LogP contribution in [0, 0.1) is 5.41 Å². The quantitative estimate of drug-likeness (QED) is 0.590. The molecule has 0 bridgehead atoms. The van der Waals surface area contributed by atoms with Gasteiger partial charge in [0, 0.05) is 11.6 Å². The lowest BCUT2D eigenvalue weighted by molar-refractivity contribution is 0.0666. The summed E-state index contributed by atoms with van der Waals surface area (Å²) in [4.78, 5) is 4.30. The zero-order chi connectivity index (χ0) is 10.2. The van der Waals surface area contributed by atoms with E-state index in [0.29, 0.717) is 19.1 Å². The molecule has 2 heterocycles. The van der Waals surface area contributed by atoms with Crippen molar-refractivity contribution in [3.05, 3.63) is 23.3 Å². The molecule has 2 rings (SSSR count). The Labute approximate surface area is 84.1 Å². The Bertz CT molecular complexity index is 337. The third-order valence-electron chi connectivity index (χ3n) is 2.22. The number of allylic oxidation sites excluding steroid dienone is 2. The maximum atomic E-state index is 5.54. The molecule has 0 aromatic carbocycles. The van der Waals surface area contributed by atoms with Gasteiger partial charge in [-0.15, -0.1) is 0 Å². The van der Waals surface area contributed by atoms with Crippen LogP contribution in [0.1, 0.15) is 20.8 Å². The van der Waals surface area contributed by atoms with Crippen LogP contribution in [-0.2, 0) is 9.47 Å². The van der Waals surface area contributed by atoms with E-state index >= 15 is 0 Å². The van der Waals surface area contributed by atoms with Gasteiger partial charge in [0.2, 0.25) is 0 Å². The average Bonchev–Trinajstić information content (AvgIpc) is 2.24. The van der Waals surface area contributed by atoms with Crippen molar-refractivity contribution < 1.29 is 9.47 Å². The lowest BCUT2D eigenvalue weighted by Crippen LogP contribution is -2.13. The van der Waals surface area contributed by atoms with Crippen molar-refractivity contribution in [2.24, 2.45) is 10.4 Å². The molecule has 0 aliphatic carbocycles. The van der Waals surface area contributed by atoms with Crippen LogP contribution in [0.4, 0.5) is 0 Å². The fraction of sp³-hybridized carbons (Fsp3) is 0.545. The van der Waals surface area contributed by atoms with Crippen molar-refractivity contribution in [3.8, 4) is 0 Å². The minimum atomic E-state index is -0.0336. The van der Waals surface area contributed by atoms with E-state index in [-0.39, 0.29) is 5.41 Å². The highest BCUT2D eigenvalue weighted by Gasteiger charge is 2.23. The van der Waals surface area contributed by atoms with E-state index in [0.717, 1.165) is 11.3 Å². The van der Waals surface area contributed by atoms with Gasteiger partial charge in [-0.1, -0.05) is 19.9 Å². The van der Waals surface area contributed by atoms with E-state index in [2.05, 4.69) is 24.9 Å². The lowest BCUT2D eigenvalue weighted by Gasteiger charge is -2.19. The molecule has 0 saturated heterocycles. The van der Waals surface area contributed by atoms with Gasteiger partial charge < -0.3 is 9.47 Å². The van der Waals surface area contributed by atoms with E-state index in [1.807, 2.05) is 13.1 Å². The molecular formula is C11H15NO2. The van der Waals surface area contributed by atoms with Gasteiger partial charge in [-0.05, 0) is 12.5 Å². The highest BCUT2D eigenvalue weighted by molar-refractivity contribution is 5.70. The molecule has 14 heavy (non-hydrogen) atoms. The van der Waals surface area contributed by atoms with Crippen molar-refractivity contribution in [3.63, 3.8) is 0 Å². The van der Waals surface area contributed by atoms with Crippen LogP contribution < -0.4 is 0 Å². The fourth-order valence-electron chi connectivity index (χ4n) is 1.67. The lowest BCUT2D eigenvalue weighted by atomic mass is 9.93. The van der Waals surface area contributed by atoms with E-state index < -0.39 is 0 Å². The Hall–Kier alpha value is -1.25. The molecule has 0 unspecified atom stereocenters. The standard InChI is InChI=1S/C11H15NO2/c1-8-6-11(2,3)7-12-10-9(8)13-4-5-14-10/h6-7H,4-5H2,1-3H3. The Morgan fingerprint density at radius 3 is 2.79 bits per heavy atom. The summed E-state index contributed by atoms with van der Waals surface area (Å²) in [5.74, 6) is 1.41. The second-order valence-electron chi connectivity index (χ2n) is 4.24. The number of rotatable bonds is 0. The molecule has 3 heteroatoms. The molecule has 0 fully saturated rings. The average molecular weight is 193 g/mol. The molecule has 0 radical (unpaired) electrons. The van der Waals surface area contributed by atoms with Crippen LogP contribution in [0.15, 0.2) is 28.3 Å². The minimum Gasteiger partial charge on any atom is -0.484 e. The smallest absolute Gasteiger partial charge is 0.257 e. The first-order valence-corrected chi connectivity index (χ1v) is 4.83. The van der Waals surface area contributed by atoms with Crippen molar-refractivity contribution in [1.82, 2.24) is 0 Å². The minimum absolute atomic E-state index is 0.0336. The number of nitrogens with zero attached hydrogens (tertiary/aromatic N) is 1. The summed E-state index contributed by atoms with van der Waals surface area (Å²) in [7, 11) is 0. The summed E-state index contributed by atoms with van der Waals surface area (Å²) in [6.07, 6.45) is 4.04. The van der Waals surface area contributed by atoms with Gasteiger partial charge in [-0.3, -0.25) is 0 Å². The van der Waals surface area contributed by atoms with Crippen LogP contribution in [0.3, 0.4) is 0 Å². The van der Waals surface area contributed by atoms with E-state index in [1.54, 1.807) is 0 Å². The van der Waals surface area contributed by atoms with Crippen molar-refractivity contribution in [2.45, 2.75) is 20.8 Å². The molecule has 2 aliphatic rings. The summed E-state index contributed by atoms with van der Waals surface area (Å²) in [5, 5.41) is 0. The van der Waals surface area contributed by atoms with Crippen LogP contribution >= 0.6 is 0 Å². The Kier molecular flexibility index (Phi) is 2.10. The summed E-state index contributed by atoms with van der Waals surface area (Å²) < 4.78 is 11.0. The zero-order valence-electron chi connectivity index (χ0n) is 8.83. The maximum Gasteiger partial charge on any atom is 0.257 e. The number of hydrogen-bond acceptors (Lipinski definition) is 3. The molecular weight excluding hydrogens is 178 g/mol. The van der Waals surface area contributed by atoms with Gasteiger partial charge >= 0.3 is 0 Å². The van der Waals surface area contributed by atoms with Crippen LogP contribution in [0.25, 0.3) is 0 Å². The van der Waals surface area contributed by atoms with E-state index in [4.69, 9.17) is 9.47 Å². The van der Waals surface area contributed by atoms with Gasteiger partial charge in [0.15, 0.2) is 5.76 Å². The fourth-order valence-corrected chi connectivity index (χ4v) is 1.67. The molecule has 0 atom stereocenters. The highest BCUT2D eigenvalue weighted by atomic mass is 16.6. The Morgan fingerprint density at radius 1 is 1.29 bits per heavy atom. The topological polar surface area (TPSA) is 30.8 Å². The third kappa shape index (κ3) is 1.67. The summed E-state index contributed by atoms with van der Waals surface area (Å²) in [6.45, 7) is 7.45. The molecule has 2 aliphatic heterocycles. The van der Waals surface area contributed by atoms with Crippen LogP contribution in [0.2, 0.25) is 0 Å². The second kappa shape index (κ2) is 3.15. The van der Waals surface area contributed by atoms with Gasteiger partial charge in [0.05, 0.1) is 0 Å². The molecule has 0 saturated carbocycles. The summed E-state index contributed by atoms with van der Waals surface area (Å²) >= 11 is 0. The number of ether oxygens (including phenoxy) is 2. The first kappa shape index (κ1) is 9.31. The second-order valence-corrected chi connectivity index (χ2v) is 4.24. The monoisotopic (exact) mass is 193 g/mol. The van der Waals surface area contributed by atoms with Crippen molar-refractivity contribution in [2.75, 3.05) is 13.2 Å². The number of hydrogen-bond donors (Lipinski definition) is 0. The Morgan fingerprint density at radius 2 is 2.00 bits per heavy atom. The molecule has 3 nitrogen and oxygen atoms in total. The summed E-state index contributed by atoms with van der Waals surface area (Å²) in [5.41, 5.74) is 1.07. The highest BCUT2D eigenvalue weighted by Crippen LogP contribution is 2.29. The Balaban J connectivity index is 2.43. The SMILES string of the molecule is CC1=CC(C)(C)C=NC2=C1OCCO2. The maximum absolute atomic E-state index is 5.54. The third-order valence-corrected chi connectivity index (χ3v) is 2.22. The predicted octanol–water partition coefficient (Wildman–Crippen LogP) is 2.26. The molecule has 76 valence electrons. The van der Waals surface area contributed by atoms with Gasteiger partial charge in [-0.2, -0.15) is 0 Å². The summed E-state index contributed by atoms with van der Waals surface area (Å²) in [6, 6.07) is 0. The predicted molar refractivity (Wildman–Crippen MR) is 55.0 cm³/mol. The van der Waals surface area contributed by atoms with E-state index in [1.165, 1.54) is 0 Å². The van der Waals surface area contributed by atoms with Gasteiger partial charge in [-0.25, -0.2) is 4.99 Å². The first-order valence-electron chi connectivity index (χ1n) is 4.83. The normalized spacial score (nSPS) is 24.4. The molecule has 0 spiro atoms. The first-order chi connectivity index (χ1) is 6.58. The zero-order valence-corrected chi connectivity index (χ0v) is 8.83. The van der Waals surface area contributed by atoms with E-state index in [9.17, 15) is 0 Å². The number of aliphatic imine (C=N–C) groups is 1. The van der Waals surface area contributed by atoms with Crippen LogP contribution in [-0.4, -0.2) is 19.4 Å².